The van der Waals surface area contributed by atoms with E-state index in [1.165, 1.54) is 0 Å². The molecule has 166 valence electrons. The van der Waals surface area contributed by atoms with Gasteiger partial charge in [-0.2, -0.15) is 0 Å². The number of hydrogen-bond acceptors (Lipinski definition) is 6. The van der Waals surface area contributed by atoms with Gasteiger partial charge in [-0.25, -0.2) is 0 Å². The number of nitrogens with one attached hydrogen (secondary N) is 3. The summed E-state index contributed by atoms with van der Waals surface area (Å²) in [4.78, 5) is 24.3. The highest BCUT2D eigenvalue weighted by Crippen LogP contribution is 2.21. The molecule has 3 N–H and O–H groups in total. The van der Waals surface area contributed by atoms with E-state index in [0.29, 0.717) is 36.9 Å². The van der Waals surface area contributed by atoms with Crippen LogP contribution in [-0.4, -0.2) is 43.4 Å². The monoisotopic (exact) mass is 509 g/mol. The first kappa shape index (κ1) is 24.6. The van der Waals surface area contributed by atoms with E-state index in [9.17, 15) is 9.59 Å². The predicted octanol–water partition coefficient (Wildman–Crippen LogP) is 2.89. The molecule has 0 fully saturated rings. The van der Waals surface area contributed by atoms with Gasteiger partial charge in [0.1, 0.15) is 18.1 Å². The largest absolute Gasteiger partial charge is 0.491 e. The number of thiocarbonyl (C=S) groups is 1. The summed E-state index contributed by atoms with van der Waals surface area (Å²) in [6.45, 7) is 5.02. The summed E-state index contributed by atoms with van der Waals surface area (Å²) in [6.07, 6.45) is 0. The van der Waals surface area contributed by atoms with Crippen molar-refractivity contribution in [2.45, 2.75) is 13.8 Å². The van der Waals surface area contributed by atoms with Crippen molar-refractivity contribution in [3.63, 3.8) is 0 Å². The number of hydrogen-bond donors (Lipinski definition) is 3. The van der Waals surface area contributed by atoms with Crippen molar-refractivity contribution in [2.75, 3.05) is 26.4 Å². The zero-order valence-electron chi connectivity index (χ0n) is 17.2. The van der Waals surface area contributed by atoms with Crippen LogP contribution in [0.5, 0.6) is 11.5 Å². The minimum atomic E-state index is -0.455. The van der Waals surface area contributed by atoms with Crippen LogP contribution in [0.3, 0.4) is 0 Å². The van der Waals surface area contributed by atoms with Crippen molar-refractivity contribution in [3.05, 3.63) is 58.1 Å². The Morgan fingerprint density at radius 1 is 1.06 bits per heavy atom. The molecule has 0 unspecified atom stereocenters. The number of ether oxygens (including phenoxy) is 3. The third kappa shape index (κ3) is 8.91. The highest BCUT2D eigenvalue weighted by atomic mass is 79.9. The van der Waals surface area contributed by atoms with Crippen LogP contribution in [0.25, 0.3) is 0 Å². The Morgan fingerprint density at radius 2 is 1.87 bits per heavy atom. The van der Waals surface area contributed by atoms with Crippen LogP contribution in [0.2, 0.25) is 0 Å². The molecule has 0 saturated carbocycles. The van der Waals surface area contributed by atoms with Crippen molar-refractivity contribution >= 4 is 45.1 Å². The molecule has 31 heavy (non-hydrogen) atoms. The number of rotatable bonds is 9. The molecule has 2 rings (SSSR count). The first-order valence-electron chi connectivity index (χ1n) is 9.48. The SMILES string of the molecule is CCOCCOc1cccc(C(=O)NC(=S)NNC(=O)COc2ccc(Br)cc2C)c1. The molecule has 2 amide bonds. The molecule has 2 aromatic carbocycles. The zero-order chi connectivity index (χ0) is 22.6. The van der Waals surface area contributed by atoms with E-state index in [1.807, 2.05) is 26.0 Å². The van der Waals surface area contributed by atoms with Crippen LogP contribution < -0.4 is 25.6 Å². The smallest absolute Gasteiger partial charge is 0.276 e. The van der Waals surface area contributed by atoms with Crippen molar-refractivity contribution in [3.8, 4) is 11.5 Å². The summed E-state index contributed by atoms with van der Waals surface area (Å²) < 4.78 is 17.1. The van der Waals surface area contributed by atoms with Crippen LogP contribution in [0.1, 0.15) is 22.8 Å². The lowest BCUT2D eigenvalue weighted by atomic mass is 10.2. The summed E-state index contributed by atoms with van der Waals surface area (Å²) in [5.41, 5.74) is 6.10. The average Bonchev–Trinajstić information content (AvgIpc) is 2.75. The van der Waals surface area contributed by atoms with Gasteiger partial charge in [0.15, 0.2) is 11.7 Å². The summed E-state index contributed by atoms with van der Waals surface area (Å²) in [7, 11) is 0. The second-order valence-electron chi connectivity index (χ2n) is 6.23. The van der Waals surface area contributed by atoms with Gasteiger partial charge in [-0.3, -0.25) is 25.8 Å². The van der Waals surface area contributed by atoms with Gasteiger partial charge in [0.2, 0.25) is 0 Å². The fourth-order valence-electron chi connectivity index (χ4n) is 2.38. The first-order chi connectivity index (χ1) is 14.9. The highest BCUT2D eigenvalue weighted by molar-refractivity contribution is 9.10. The van der Waals surface area contributed by atoms with E-state index in [-0.39, 0.29) is 11.7 Å². The van der Waals surface area contributed by atoms with Gasteiger partial charge in [0.05, 0.1) is 6.61 Å². The molecule has 0 radical (unpaired) electrons. The van der Waals surface area contributed by atoms with Gasteiger partial charge in [0.25, 0.3) is 11.8 Å². The number of amides is 2. The maximum atomic E-state index is 12.3. The molecule has 0 aliphatic carbocycles. The Hall–Kier alpha value is -2.69. The van der Waals surface area contributed by atoms with Crippen molar-refractivity contribution in [1.29, 1.82) is 0 Å². The van der Waals surface area contributed by atoms with Gasteiger partial charge in [-0.15, -0.1) is 0 Å². The summed E-state index contributed by atoms with van der Waals surface area (Å²) >= 11 is 8.41. The minimum absolute atomic E-state index is 0.0548. The zero-order valence-corrected chi connectivity index (χ0v) is 19.6. The second kappa shape index (κ2) is 12.9. The first-order valence-corrected chi connectivity index (χ1v) is 10.7. The number of carbonyl (C=O) groups is 2. The molecule has 8 nitrogen and oxygen atoms in total. The molecular formula is C21H24BrN3O5S. The van der Waals surface area contributed by atoms with Crippen LogP contribution >= 0.6 is 28.1 Å². The van der Waals surface area contributed by atoms with E-state index in [4.69, 9.17) is 26.4 Å². The number of hydrazine groups is 1. The van der Waals surface area contributed by atoms with Crippen LogP contribution in [0, 0.1) is 6.92 Å². The van der Waals surface area contributed by atoms with Gasteiger partial charge >= 0.3 is 0 Å². The van der Waals surface area contributed by atoms with E-state index in [1.54, 1.807) is 30.3 Å². The number of benzene rings is 2. The number of carbonyl (C=O) groups excluding carboxylic acids is 2. The Balaban J connectivity index is 1.75. The Kier molecular flexibility index (Phi) is 10.2. The van der Waals surface area contributed by atoms with Crippen molar-refractivity contribution in [2.24, 2.45) is 0 Å². The standard InChI is InChI=1S/C21H24BrN3O5S/c1-3-28-9-10-29-17-6-4-5-15(12-17)20(27)23-21(31)25-24-19(26)13-30-18-8-7-16(22)11-14(18)2/h4-8,11-12H,3,9-10,13H2,1-2H3,(H,24,26)(H2,23,25,27,31). The van der Waals surface area contributed by atoms with Crippen molar-refractivity contribution < 1.29 is 23.8 Å². The quantitative estimate of drug-likeness (QED) is 0.271. The van der Waals surface area contributed by atoms with Gasteiger partial charge < -0.3 is 14.2 Å². The van der Waals surface area contributed by atoms with Gasteiger partial charge in [-0.05, 0) is 68.0 Å². The maximum absolute atomic E-state index is 12.3. The van der Waals surface area contributed by atoms with Crippen LogP contribution in [0.15, 0.2) is 46.9 Å². The van der Waals surface area contributed by atoms with Gasteiger partial charge in [-0.1, -0.05) is 22.0 Å². The predicted molar refractivity (Wildman–Crippen MR) is 124 cm³/mol. The molecule has 0 saturated heterocycles. The molecule has 0 spiro atoms. The molecule has 0 aromatic heterocycles. The summed E-state index contributed by atoms with van der Waals surface area (Å²) in [5, 5.41) is 2.43. The van der Waals surface area contributed by atoms with E-state index in [0.717, 1.165) is 10.0 Å². The second-order valence-corrected chi connectivity index (χ2v) is 7.55. The molecule has 0 bridgehead atoms. The molecule has 0 aliphatic rings. The summed E-state index contributed by atoms with van der Waals surface area (Å²) in [5.74, 6) is 0.241. The fourth-order valence-corrected chi connectivity index (χ4v) is 3.00. The lowest BCUT2D eigenvalue weighted by Crippen LogP contribution is -2.49. The topological polar surface area (TPSA) is 97.9 Å². The Morgan fingerprint density at radius 3 is 2.61 bits per heavy atom. The normalized spacial score (nSPS) is 10.2. The minimum Gasteiger partial charge on any atom is -0.491 e. The van der Waals surface area contributed by atoms with E-state index >= 15 is 0 Å². The maximum Gasteiger partial charge on any atom is 0.276 e. The average molecular weight is 510 g/mol. The third-order valence-corrected chi connectivity index (χ3v) is 4.53. The molecule has 10 heteroatoms. The van der Waals surface area contributed by atoms with Crippen molar-refractivity contribution in [1.82, 2.24) is 16.2 Å². The van der Waals surface area contributed by atoms with Gasteiger partial charge in [0, 0.05) is 16.6 Å². The number of halogens is 1. The lowest BCUT2D eigenvalue weighted by Gasteiger charge is -2.13. The third-order valence-electron chi connectivity index (χ3n) is 3.84. The molecule has 0 aliphatic heterocycles. The van der Waals surface area contributed by atoms with Crippen LogP contribution in [-0.2, 0) is 9.53 Å². The fraction of sp³-hybridized carbons (Fsp3) is 0.286. The molecule has 0 heterocycles. The number of aryl methyl sites for hydroxylation is 1. The van der Waals surface area contributed by atoms with E-state index < -0.39 is 11.8 Å². The highest BCUT2D eigenvalue weighted by Gasteiger charge is 2.10. The molecular weight excluding hydrogens is 486 g/mol. The van der Waals surface area contributed by atoms with E-state index in [2.05, 4.69) is 32.1 Å². The Bertz CT molecular complexity index is 926. The van der Waals surface area contributed by atoms with Crippen LogP contribution in [0.4, 0.5) is 0 Å². The molecule has 2 aromatic rings. The molecule has 0 atom stereocenters. The summed E-state index contributed by atoms with van der Waals surface area (Å²) in [6, 6.07) is 12.1. The lowest BCUT2D eigenvalue weighted by molar-refractivity contribution is -0.123. The Labute approximate surface area is 194 Å².